The average Bonchev–Trinajstić information content (AvgIpc) is 2.53. The number of hydrogen-bond acceptors (Lipinski definition) is 6. The van der Waals surface area contributed by atoms with Crippen LogP contribution in [0.2, 0.25) is 0 Å². The van der Waals surface area contributed by atoms with Crippen LogP contribution in [0.25, 0.3) is 0 Å². The van der Waals surface area contributed by atoms with Crippen molar-refractivity contribution in [2.45, 2.75) is 65.2 Å². The third-order valence-electron chi connectivity index (χ3n) is 2.25. The molecule has 0 aromatic rings. The Bertz CT molecular complexity index is 437. The minimum Gasteiger partial charge on any atom is -0.460 e. The average molecular weight is 321 g/mol. The van der Waals surface area contributed by atoms with Crippen molar-refractivity contribution in [2.24, 2.45) is 0 Å². The summed E-state index contributed by atoms with van der Waals surface area (Å²) in [4.78, 5) is 23.8. The van der Waals surface area contributed by atoms with E-state index in [4.69, 9.17) is 13.7 Å². The quantitative estimate of drug-likeness (QED) is 0.723. The van der Waals surface area contributed by atoms with Crippen molar-refractivity contribution in [3.05, 3.63) is 0 Å². The molecule has 0 radical (unpaired) electrons. The van der Waals surface area contributed by atoms with Gasteiger partial charge in [-0.25, -0.2) is 9.00 Å². The van der Waals surface area contributed by atoms with Gasteiger partial charge in [0.25, 0.3) is 11.3 Å². The number of hydrogen-bond donors (Lipinski definition) is 0. The molecule has 0 N–H and O–H groups in total. The van der Waals surface area contributed by atoms with E-state index in [1.165, 1.54) is 0 Å². The standard InChI is InChI=1S/C13H23NO6S/c1-12(2,3)19-10(15)7-9-8-18-21(17)14(9)11(16)20-13(4,5)6/h9H,7-8H2,1-6H3/t9-,21-/m0/s1. The molecule has 1 aliphatic rings. The number of carbonyl (C=O) groups excluding carboxylic acids is 2. The summed E-state index contributed by atoms with van der Waals surface area (Å²) in [6.45, 7) is 10.4. The van der Waals surface area contributed by atoms with Crippen LogP contribution in [-0.4, -0.2) is 44.4 Å². The fourth-order valence-corrected chi connectivity index (χ4v) is 2.54. The van der Waals surface area contributed by atoms with E-state index in [9.17, 15) is 13.8 Å². The predicted molar refractivity (Wildman–Crippen MR) is 76.4 cm³/mol. The Hall–Kier alpha value is -1.15. The lowest BCUT2D eigenvalue weighted by atomic mass is 10.1. The topological polar surface area (TPSA) is 82.1 Å². The summed E-state index contributed by atoms with van der Waals surface area (Å²) in [6.07, 6.45) is -0.866. The maximum Gasteiger partial charge on any atom is 0.424 e. The van der Waals surface area contributed by atoms with Gasteiger partial charge < -0.3 is 9.47 Å². The third-order valence-corrected chi connectivity index (χ3v) is 3.36. The summed E-state index contributed by atoms with van der Waals surface area (Å²) >= 11 is -1.94. The molecule has 1 rings (SSSR count). The zero-order valence-electron chi connectivity index (χ0n) is 13.3. The van der Waals surface area contributed by atoms with Gasteiger partial charge in [-0.15, -0.1) is 0 Å². The highest BCUT2D eigenvalue weighted by Crippen LogP contribution is 2.22. The minimum atomic E-state index is -1.94. The van der Waals surface area contributed by atoms with Crippen molar-refractivity contribution in [3.8, 4) is 0 Å². The van der Waals surface area contributed by atoms with Crippen molar-refractivity contribution >= 4 is 23.3 Å². The Morgan fingerprint density at radius 2 is 1.67 bits per heavy atom. The zero-order valence-corrected chi connectivity index (χ0v) is 14.1. The second-order valence-corrected chi connectivity index (χ2v) is 7.82. The van der Waals surface area contributed by atoms with Crippen LogP contribution in [0, 0.1) is 0 Å². The van der Waals surface area contributed by atoms with Gasteiger partial charge in [0, 0.05) is 0 Å². The highest BCUT2D eigenvalue weighted by Gasteiger charge is 2.41. The largest absolute Gasteiger partial charge is 0.460 e. The maximum atomic E-state index is 12.0. The smallest absolute Gasteiger partial charge is 0.424 e. The summed E-state index contributed by atoms with van der Waals surface area (Å²) in [5.74, 6) is -0.483. The molecule has 8 heteroatoms. The second kappa shape index (κ2) is 6.31. The fraction of sp³-hybridized carbons (Fsp3) is 0.846. The molecule has 0 aromatic heterocycles. The van der Waals surface area contributed by atoms with E-state index in [1.54, 1.807) is 41.5 Å². The number of carbonyl (C=O) groups is 2. The van der Waals surface area contributed by atoms with Crippen LogP contribution < -0.4 is 0 Å². The molecule has 0 saturated carbocycles. The van der Waals surface area contributed by atoms with Crippen LogP contribution >= 0.6 is 0 Å². The zero-order chi connectivity index (χ0) is 16.4. The van der Waals surface area contributed by atoms with Crippen molar-refractivity contribution in [1.82, 2.24) is 4.31 Å². The molecule has 1 saturated heterocycles. The first kappa shape index (κ1) is 17.9. The number of esters is 1. The Morgan fingerprint density at radius 3 is 2.14 bits per heavy atom. The molecule has 1 amide bonds. The lowest BCUT2D eigenvalue weighted by Crippen LogP contribution is -2.42. The molecule has 0 unspecified atom stereocenters. The molecule has 2 atom stereocenters. The van der Waals surface area contributed by atoms with E-state index in [0.717, 1.165) is 4.31 Å². The fourth-order valence-electron chi connectivity index (χ4n) is 1.62. The van der Waals surface area contributed by atoms with Gasteiger partial charge in [-0.2, -0.15) is 4.31 Å². The van der Waals surface area contributed by atoms with Gasteiger partial charge in [-0.1, -0.05) is 0 Å². The normalized spacial score (nSPS) is 23.0. The Labute approximate surface area is 127 Å². The number of rotatable bonds is 2. The van der Waals surface area contributed by atoms with E-state index in [-0.39, 0.29) is 13.0 Å². The lowest BCUT2D eigenvalue weighted by Gasteiger charge is -2.26. The van der Waals surface area contributed by atoms with Gasteiger partial charge in [0.15, 0.2) is 0 Å². The highest BCUT2D eigenvalue weighted by molar-refractivity contribution is 7.78. The van der Waals surface area contributed by atoms with Crippen molar-refractivity contribution in [1.29, 1.82) is 0 Å². The molecule has 122 valence electrons. The van der Waals surface area contributed by atoms with E-state index in [0.29, 0.717) is 0 Å². The van der Waals surface area contributed by atoms with E-state index in [1.807, 2.05) is 0 Å². The molecular formula is C13H23NO6S. The maximum absolute atomic E-state index is 12.0. The van der Waals surface area contributed by atoms with Crippen LogP contribution in [0.4, 0.5) is 4.79 Å². The molecule has 0 bridgehead atoms. The van der Waals surface area contributed by atoms with Crippen molar-refractivity contribution in [2.75, 3.05) is 6.61 Å². The van der Waals surface area contributed by atoms with E-state index in [2.05, 4.69) is 0 Å². The monoisotopic (exact) mass is 321 g/mol. The summed E-state index contributed by atoms with van der Waals surface area (Å²) in [6, 6.07) is -0.657. The molecular weight excluding hydrogens is 298 g/mol. The third kappa shape index (κ3) is 6.01. The van der Waals surface area contributed by atoms with Gasteiger partial charge >= 0.3 is 12.1 Å². The van der Waals surface area contributed by atoms with E-state index < -0.39 is 40.6 Å². The van der Waals surface area contributed by atoms with Crippen LogP contribution in [0.15, 0.2) is 0 Å². The van der Waals surface area contributed by atoms with Crippen molar-refractivity contribution in [3.63, 3.8) is 0 Å². The van der Waals surface area contributed by atoms with Crippen molar-refractivity contribution < 1.29 is 27.5 Å². The first-order valence-corrected chi connectivity index (χ1v) is 7.71. The summed E-state index contributed by atoms with van der Waals surface area (Å²) in [5.41, 5.74) is -1.34. The summed E-state index contributed by atoms with van der Waals surface area (Å²) in [5, 5.41) is 0. The second-order valence-electron chi connectivity index (χ2n) is 6.75. The molecule has 21 heavy (non-hydrogen) atoms. The Morgan fingerprint density at radius 1 is 1.14 bits per heavy atom. The Kier molecular flexibility index (Phi) is 5.38. The minimum absolute atomic E-state index is 0.00506. The van der Waals surface area contributed by atoms with Gasteiger partial charge in [0.05, 0.1) is 19.1 Å². The van der Waals surface area contributed by atoms with Gasteiger partial charge in [-0.05, 0) is 41.5 Å². The van der Waals surface area contributed by atoms with Gasteiger partial charge in [0.2, 0.25) is 0 Å². The van der Waals surface area contributed by atoms with Crippen LogP contribution in [0.1, 0.15) is 48.0 Å². The molecule has 1 aliphatic heterocycles. The van der Waals surface area contributed by atoms with Crippen LogP contribution in [0.5, 0.6) is 0 Å². The molecule has 1 fully saturated rings. The van der Waals surface area contributed by atoms with Crippen LogP contribution in [-0.2, 0) is 29.7 Å². The molecule has 0 aromatic carbocycles. The van der Waals surface area contributed by atoms with Crippen LogP contribution in [0.3, 0.4) is 0 Å². The summed E-state index contributed by atoms with van der Waals surface area (Å²) in [7, 11) is 0. The highest BCUT2D eigenvalue weighted by atomic mass is 32.2. The first-order chi connectivity index (χ1) is 9.39. The molecule has 0 spiro atoms. The van der Waals surface area contributed by atoms with E-state index >= 15 is 0 Å². The SMILES string of the molecule is CC(C)(C)OC(=O)C[C@H]1CO[S@](=O)N1C(=O)OC(C)(C)C. The van der Waals surface area contributed by atoms with Gasteiger partial charge in [-0.3, -0.25) is 8.98 Å². The van der Waals surface area contributed by atoms with Gasteiger partial charge in [0.1, 0.15) is 11.2 Å². The molecule has 7 nitrogen and oxygen atoms in total. The number of amides is 1. The first-order valence-electron chi connectivity index (χ1n) is 6.68. The molecule has 1 heterocycles. The molecule has 0 aliphatic carbocycles. The Balaban J connectivity index is 2.71. The summed E-state index contributed by atoms with van der Waals surface area (Å²) < 4.78 is 28.0. The lowest BCUT2D eigenvalue weighted by molar-refractivity contribution is -0.155. The predicted octanol–water partition coefficient (Wildman–Crippen LogP) is 1.93. The number of nitrogens with zero attached hydrogens (tertiary/aromatic N) is 1. The number of ether oxygens (including phenoxy) is 2.